The van der Waals surface area contributed by atoms with Gasteiger partial charge in [-0.15, -0.1) is 0 Å². The van der Waals surface area contributed by atoms with Crippen molar-refractivity contribution in [1.82, 2.24) is 0 Å². The van der Waals surface area contributed by atoms with E-state index in [1.54, 1.807) is 37.4 Å². The van der Waals surface area contributed by atoms with Crippen molar-refractivity contribution < 1.29 is 18.7 Å². The van der Waals surface area contributed by atoms with E-state index in [0.29, 0.717) is 33.6 Å². The Morgan fingerprint density at radius 3 is 2.33 bits per heavy atom. The number of hydrogen-bond acceptors (Lipinski definition) is 5. The van der Waals surface area contributed by atoms with Gasteiger partial charge in [0.25, 0.3) is 0 Å². The molecule has 0 bridgehead atoms. The molecule has 0 aliphatic heterocycles. The highest BCUT2D eigenvalue weighted by Crippen LogP contribution is 2.27. The van der Waals surface area contributed by atoms with Gasteiger partial charge in [-0.05, 0) is 36.8 Å². The molecule has 5 nitrogen and oxygen atoms in total. The van der Waals surface area contributed by atoms with Crippen molar-refractivity contribution >= 4 is 16.8 Å². The third-order valence-corrected chi connectivity index (χ3v) is 3.88. The molecule has 0 radical (unpaired) electrons. The van der Waals surface area contributed by atoms with Crippen LogP contribution in [0.3, 0.4) is 0 Å². The quantitative estimate of drug-likeness (QED) is 0.685. The van der Waals surface area contributed by atoms with E-state index in [1.807, 2.05) is 0 Å². The van der Waals surface area contributed by atoms with Crippen molar-refractivity contribution in [2.24, 2.45) is 0 Å². The van der Waals surface area contributed by atoms with Crippen molar-refractivity contribution in [3.63, 3.8) is 0 Å². The highest BCUT2D eigenvalue weighted by atomic mass is 16.5. The van der Waals surface area contributed by atoms with Crippen LogP contribution in [0.5, 0.6) is 11.5 Å². The molecular formula is C19H16O5. The zero-order valence-corrected chi connectivity index (χ0v) is 13.6. The summed E-state index contributed by atoms with van der Waals surface area (Å²) in [6.45, 7) is 1.44. The normalized spacial score (nSPS) is 10.6. The number of hydrogen-bond donors (Lipinski definition) is 0. The Labute approximate surface area is 138 Å². The Morgan fingerprint density at radius 2 is 1.75 bits per heavy atom. The number of rotatable bonds is 4. The Balaban J connectivity index is 2.21. The zero-order valence-electron chi connectivity index (χ0n) is 13.6. The molecule has 0 saturated carbocycles. The first-order valence-corrected chi connectivity index (χ1v) is 7.34. The molecule has 122 valence electrons. The molecule has 0 N–H and O–H groups in total. The third kappa shape index (κ3) is 2.65. The van der Waals surface area contributed by atoms with E-state index in [2.05, 4.69) is 0 Å². The van der Waals surface area contributed by atoms with Crippen LogP contribution in [0.1, 0.15) is 17.3 Å². The van der Waals surface area contributed by atoms with Gasteiger partial charge in [-0.3, -0.25) is 9.59 Å². The highest BCUT2D eigenvalue weighted by Gasteiger charge is 2.15. The van der Waals surface area contributed by atoms with E-state index in [-0.39, 0.29) is 11.2 Å². The number of methoxy groups -OCH3 is 2. The van der Waals surface area contributed by atoms with Gasteiger partial charge in [0.2, 0.25) is 5.43 Å². The lowest BCUT2D eigenvalue weighted by atomic mass is 10.0. The summed E-state index contributed by atoms with van der Waals surface area (Å²) in [5.41, 5.74) is 1.70. The molecule has 0 aliphatic carbocycles. The lowest BCUT2D eigenvalue weighted by molar-refractivity contribution is 0.101. The maximum Gasteiger partial charge on any atom is 0.200 e. The summed E-state index contributed by atoms with van der Waals surface area (Å²) in [6, 6.07) is 10.2. The number of benzene rings is 2. The second kappa shape index (κ2) is 6.20. The van der Waals surface area contributed by atoms with E-state index >= 15 is 0 Å². The van der Waals surface area contributed by atoms with Gasteiger partial charge in [0.15, 0.2) is 5.78 Å². The SMILES string of the molecule is COc1ccc(-c2coc3cc(C(C)=O)c(OC)cc3c2=O)cc1. The molecule has 1 aromatic heterocycles. The van der Waals surface area contributed by atoms with Gasteiger partial charge in [-0.2, -0.15) is 0 Å². The number of ether oxygens (including phenoxy) is 2. The Kier molecular flexibility index (Phi) is 4.08. The van der Waals surface area contributed by atoms with Crippen molar-refractivity contribution in [3.05, 3.63) is 58.4 Å². The molecule has 0 fully saturated rings. The van der Waals surface area contributed by atoms with E-state index < -0.39 is 0 Å². The van der Waals surface area contributed by atoms with Crippen LogP contribution >= 0.6 is 0 Å². The molecule has 3 aromatic rings. The molecule has 2 aromatic carbocycles. The summed E-state index contributed by atoms with van der Waals surface area (Å²) in [6.07, 6.45) is 1.41. The Hall–Kier alpha value is -3.08. The molecule has 1 heterocycles. The standard InChI is InChI=1S/C19H16O5/c1-11(20)14-8-18-15(9-17(14)23-3)19(21)16(10-24-18)12-4-6-13(22-2)7-5-12/h4-10H,1-3H3. The lowest BCUT2D eigenvalue weighted by Gasteiger charge is -2.08. The Bertz CT molecular complexity index is 967. The van der Waals surface area contributed by atoms with Crippen LogP contribution in [-0.4, -0.2) is 20.0 Å². The van der Waals surface area contributed by atoms with E-state index in [1.165, 1.54) is 26.4 Å². The first-order valence-electron chi connectivity index (χ1n) is 7.34. The van der Waals surface area contributed by atoms with Gasteiger partial charge in [-0.1, -0.05) is 12.1 Å². The van der Waals surface area contributed by atoms with Crippen molar-refractivity contribution in [2.75, 3.05) is 14.2 Å². The number of fused-ring (bicyclic) bond motifs is 1. The van der Waals surface area contributed by atoms with Crippen LogP contribution < -0.4 is 14.9 Å². The molecule has 3 rings (SSSR count). The largest absolute Gasteiger partial charge is 0.497 e. The van der Waals surface area contributed by atoms with Gasteiger partial charge in [0, 0.05) is 0 Å². The maximum absolute atomic E-state index is 12.8. The molecule has 0 spiro atoms. The molecule has 0 unspecified atom stereocenters. The second-order valence-corrected chi connectivity index (χ2v) is 5.31. The number of carbonyl (C=O) groups excluding carboxylic acids is 1. The number of carbonyl (C=O) groups is 1. The minimum Gasteiger partial charge on any atom is -0.497 e. The summed E-state index contributed by atoms with van der Waals surface area (Å²) < 4.78 is 15.9. The van der Waals surface area contributed by atoms with Crippen LogP contribution in [-0.2, 0) is 0 Å². The van der Waals surface area contributed by atoms with Gasteiger partial charge in [0.1, 0.15) is 23.3 Å². The summed E-state index contributed by atoms with van der Waals surface area (Å²) in [5, 5.41) is 0.366. The second-order valence-electron chi connectivity index (χ2n) is 5.31. The predicted octanol–water partition coefficient (Wildman–Crippen LogP) is 3.68. The minimum absolute atomic E-state index is 0.157. The fraction of sp³-hybridized carbons (Fsp3) is 0.158. The van der Waals surface area contributed by atoms with Crippen molar-refractivity contribution in [3.8, 4) is 22.6 Å². The lowest BCUT2D eigenvalue weighted by Crippen LogP contribution is -2.07. The summed E-state index contributed by atoms with van der Waals surface area (Å²) in [5.74, 6) is 0.904. The van der Waals surface area contributed by atoms with Crippen LogP contribution in [0.2, 0.25) is 0 Å². The third-order valence-electron chi connectivity index (χ3n) is 3.88. The van der Waals surface area contributed by atoms with E-state index in [4.69, 9.17) is 13.9 Å². The number of ketones is 1. The molecule has 0 aliphatic rings. The summed E-state index contributed by atoms with van der Waals surface area (Å²) >= 11 is 0. The highest BCUT2D eigenvalue weighted by molar-refractivity contribution is 6.00. The summed E-state index contributed by atoms with van der Waals surface area (Å²) in [7, 11) is 3.04. The zero-order chi connectivity index (χ0) is 17.3. The van der Waals surface area contributed by atoms with Crippen LogP contribution in [0.25, 0.3) is 22.1 Å². The average molecular weight is 324 g/mol. The molecule has 5 heteroatoms. The maximum atomic E-state index is 12.8. The van der Waals surface area contributed by atoms with Gasteiger partial charge in [0.05, 0.1) is 30.7 Å². The van der Waals surface area contributed by atoms with Crippen LogP contribution in [0.15, 0.2) is 51.9 Å². The molecule has 0 saturated heterocycles. The van der Waals surface area contributed by atoms with Gasteiger partial charge < -0.3 is 13.9 Å². The van der Waals surface area contributed by atoms with Gasteiger partial charge >= 0.3 is 0 Å². The van der Waals surface area contributed by atoms with Crippen molar-refractivity contribution in [2.45, 2.75) is 6.92 Å². The first kappa shape index (κ1) is 15.8. The van der Waals surface area contributed by atoms with E-state index in [9.17, 15) is 9.59 Å². The summed E-state index contributed by atoms with van der Waals surface area (Å²) in [4.78, 5) is 24.5. The predicted molar refractivity (Wildman–Crippen MR) is 91.0 cm³/mol. The monoisotopic (exact) mass is 324 g/mol. The van der Waals surface area contributed by atoms with Crippen molar-refractivity contribution in [1.29, 1.82) is 0 Å². The topological polar surface area (TPSA) is 65.7 Å². The van der Waals surface area contributed by atoms with Gasteiger partial charge in [-0.25, -0.2) is 0 Å². The minimum atomic E-state index is -0.185. The van der Waals surface area contributed by atoms with Crippen LogP contribution in [0.4, 0.5) is 0 Å². The fourth-order valence-electron chi connectivity index (χ4n) is 2.57. The first-order chi connectivity index (χ1) is 11.5. The molecule has 0 atom stereocenters. The number of Topliss-reactive ketones (excluding diaryl/α,β-unsaturated/α-hetero) is 1. The molecule has 0 amide bonds. The Morgan fingerprint density at radius 1 is 1.04 bits per heavy atom. The molecular weight excluding hydrogens is 308 g/mol. The van der Waals surface area contributed by atoms with Crippen LogP contribution in [0, 0.1) is 0 Å². The average Bonchev–Trinajstić information content (AvgIpc) is 2.61. The fourth-order valence-corrected chi connectivity index (χ4v) is 2.57. The molecule has 24 heavy (non-hydrogen) atoms. The smallest absolute Gasteiger partial charge is 0.200 e. The van der Waals surface area contributed by atoms with E-state index in [0.717, 1.165) is 5.56 Å².